The van der Waals surface area contributed by atoms with Crippen molar-refractivity contribution < 1.29 is 18.8 Å². The molecule has 0 aromatic heterocycles. The third kappa shape index (κ3) is 3.00. The molecule has 0 N–H and O–H groups in total. The number of carbonyl (C=O) groups is 1. The summed E-state index contributed by atoms with van der Waals surface area (Å²) in [6, 6.07) is 2.24. The van der Waals surface area contributed by atoms with Crippen LogP contribution >= 0.6 is 0 Å². The van der Waals surface area contributed by atoms with E-state index in [0.29, 0.717) is 37.8 Å². The summed E-state index contributed by atoms with van der Waals surface area (Å²) in [5, 5.41) is 11.2. The number of nitro benzene ring substituents is 1. The molecule has 7 nitrogen and oxygen atoms in total. The molecule has 1 aliphatic heterocycles. The standard InChI is InChI=1S/C16H20FN3O4/c1-10-7-11(10)16(21)19-5-3-18(4-6-19)13-9-15(24-2)12(17)8-14(13)20(22)23/h8-11H,3-7H2,1-2H3/t10-,11+/m1/s1. The molecule has 0 radical (unpaired) electrons. The van der Waals surface area contributed by atoms with Gasteiger partial charge in [0.15, 0.2) is 11.6 Å². The van der Waals surface area contributed by atoms with E-state index >= 15 is 0 Å². The molecular formula is C16H20FN3O4. The van der Waals surface area contributed by atoms with Gasteiger partial charge in [0.2, 0.25) is 5.91 Å². The molecule has 2 atom stereocenters. The van der Waals surface area contributed by atoms with Gasteiger partial charge in [-0.05, 0) is 12.3 Å². The number of hydrogen-bond donors (Lipinski definition) is 0. The van der Waals surface area contributed by atoms with Gasteiger partial charge in [-0.3, -0.25) is 14.9 Å². The Bertz CT molecular complexity index is 674. The molecule has 0 unspecified atom stereocenters. The topological polar surface area (TPSA) is 75.9 Å². The largest absolute Gasteiger partial charge is 0.494 e. The molecule has 1 saturated carbocycles. The van der Waals surface area contributed by atoms with E-state index in [4.69, 9.17) is 4.74 Å². The van der Waals surface area contributed by atoms with Crippen molar-refractivity contribution in [1.29, 1.82) is 0 Å². The third-order valence-corrected chi connectivity index (χ3v) is 4.80. The number of benzene rings is 1. The molecule has 2 fully saturated rings. The van der Waals surface area contributed by atoms with Crippen molar-refractivity contribution in [2.24, 2.45) is 11.8 Å². The van der Waals surface area contributed by atoms with Crippen LogP contribution in [-0.4, -0.2) is 49.0 Å². The highest BCUT2D eigenvalue weighted by atomic mass is 19.1. The summed E-state index contributed by atoms with van der Waals surface area (Å²) in [6.07, 6.45) is 0.944. The second-order valence-electron chi connectivity index (χ2n) is 6.36. The van der Waals surface area contributed by atoms with Crippen molar-refractivity contribution >= 4 is 17.3 Å². The molecule has 1 saturated heterocycles. The van der Waals surface area contributed by atoms with Gasteiger partial charge in [-0.1, -0.05) is 6.92 Å². The molecule has 1 aromatic carbocycles. The Balaban J connectivity index is 1.76. The van der Waals surface area contributed by atoms with E-state index in [0.717, 1.165) is 12.5 Å². The predicted octanol–water partition coefficient (Wildman–Crippen LogP) is 2.05. The van der Waals surface area contributed by atoms with E-state index in [1.807, 2.05) is 4.90 Å². The summed E-state index contributed by atoms with van der Waals surface area (Å²) >= 11 is 0. The summed E-state index contributed by atoms with van der Waals surface area (Å²) < 4.78 is 18.7. The Kier molecular flexibility index (Phi) is 4.29. The van der Waals surface area contributed by atoms with Crippen LogP contribution in [0.25, 0.3) is 0 Å². The van der Waals surface area contributed by atoms with Crippen LogP contribution in [0.15, 0.2) is 12.1 Å². The van der Waals surface area contributed by atoms with E-state index in [1.165, 1.54) is 13.2 Å². The number of amides is 1. The SMILES string of the molecule is COc1cc(N2CCN(C(=O)[C@H]3C[C@H]3C)CC2)c([N+](=O)[O-])cc1F. The maximum atomic E-state index is 13.8. The van der Waals surface area contributed by atoms with Crippen LogP contribution in [0.3, 0.4) is 0 Å². The number of methoxy groups -OCH3 is 1. The molecule has 2 aliphatic rings. The minimum Gasteiger partial charge on any atom is -0.494 e. The van der Waals surface area contributed by atoms with Gasteiger partial charge in [0, 0.05) is 38.2 Å². The molecular weight excluding hydrogens is 317 g/mol. The highest BCUT2D eigenvalue weighted by molar-refractivity contribution is 5.82. The molecule has 24 heavy (non-hydrogen) atoms. The minimum atomic E-state index is -0.760. The van der Waals surface area contributed by atoms with Gasteiger partial charge in [-0.2, -0.15) is 0 Å². The summed E-state index contributed by atoms with van der Waals surface area (Å²) in [7, 11) is 1.32. The van der Waals surface area contributed by atoms with Crippen LogP contribution in [0.4, 0.5) is 15.8 Å². The van der Waals surface area contributed by atoms with Gasteiger partial charge in [-0.25, -0.2) is 4.39 Å². The second-order valence-corrected chi connectivity index (χ2v) is 6.36. The lowest BCUT2D eigenvalue weighted by Crippen LogP contribution is -2.49. The van der Waals surface area contributed by atoms with Crippen LogP contribution in [0.2, 0.25) is 0 Å². The molecule has 1 heterocycles. The number of carbonyl (C=O) groups excluding carboxylic acids is 1. The predicted molar refractivity (Wildman–Crippen MR) is 85.7 cm³/mol. The van der Waals surface area contributed by atoms with Crippen LogP contribution in [-0.2, 0) is 4.79 Å². The molecule has 1 amide bonds. The number of hydrogen-bond acceptors (Lipinski definition) is 5. The van der Waals surface area contributed by atoms with E-state index in [9.17, 15) is 19.3 Å². The van der Waals surface area contributed by atoms with Crippen molar-refractivity contribution in [3.05, 3.63) is 28.1 Å². The molecule has 1 aromatic rings. The summed E-state index contributed by atoms with van der Waals surface area (Å²) in [5.41, 5.74) is 0.0361. The Morgan fingerprint density at radius 3 is 2.46 bits per heavy atom. The first-order valence-electron chi connectivity index (χ1n) is 7.98. The molecule has 1 aliphatic carbocycles. The van der Waals surface area contributed by atoms with Gasteiger partial charge in [0.05, 0.1) is 18.1 Å². The number of nitro groups is 1. The first-order chi connectivity index (χ1) is 11.4. The highest BCUT2D eigenvalue weighted by Gasteiger charge is 2.42. The van der Waals surface area contributed by atoms with E-state index in [2.05, 4.69) is 6.92 Å². The van der Waals surface area contributed by atoms with Crippen LogP contribution < -0.4 is 9.64 Å². The first kappa shape index (κ1) is 16.5. The van der Waals surface area contributed by atoms with Gasteiger partial charge in [0.1, 0.15) is 5.69 Å². The zero-order valence-electron chi connectivity index (χ0n) is 13.7. The number of nitrogens with zero attached hydrogens (tertiary/aromatic N) is 3. The van der Waals surface area contributed by atoms with Crippen molar-refractivity contribution in [2.75, 3.05) is 38.2 Å². The van der Waals surface area contributed by atoms with Crippen molar-refractivity contribution in [3.63, 3.8) is 0 Å². The second kappa shape index (κ2) is 6.26. The highest BCUT2D eigenvalue weighted by Crippen LogP contribution is 2.40. The lowest BCUT2D eigenvalue weighted by Gasteiger charge is -2.36. The Labute approximate surface area is 139 Å². The molecule has 8 heteroatoms. The maximum Gasteiger partial charge on any atom is 0.295 e. The summed E-state index contributed by atoms with van der Waals surface area (Å²) in [4.78, 5) is 26.5. The van der Waals surface area contributed by atoms with E-state index in [1.54, 1.807) is 4.90 Å². The van der Waals surface area contributed by atoms with Gasteiger partial charge < -0.3 is 14.5 Å². The minimum absolute atomic E-state index is 0.0269. The quantitative estimate of drug-likeness (QED) is 0.621. The fraction of sp³-hybridized carbons (Fsp3) is 0.562. The zero-order valence-corrected chi connectivity index (χ0v) is 13.7. The normalized spacial score (nSPS) is 23.1. The fourth-order valence-electron chi connectivity index (χ4n) is 3.16. The number of anilines is 1. The van der Waals surface area contributed by atoms with Crippen LogP contribution in [0, 0.1) is 27.8 Å². The summed E-state index contributed by atoms with van der Waals surface area (Å²) in [5.74, 6) is -0.0199. The molecule has 0 bridgehead atoms. The Hall–Kier alpha value is -2.38. The molecule has 0 spiro atoms. The third-order valence-electron chi connectivity index (χ3n) is 4.80. The van der Waals surface area contributed by atoms with Gasteiger partial charge in [-0.15, -0.1) is 0 Å². The fourth-order valence-corrected chi connectivity index (χ4v) is 3.16. The first-order valence-corrected chi connectivity index (χ1v) is 7.98. The lowest BCUT2D eigenvalue weighted by molar-refractivity contribution is -0.384. The summed E-state index contributed by atoms with van der Waals surface area (Å²) in [6.45, 7) is 4.04. The van der Waals surface area contributed by atoms with E-state index in [-0.39, 0.29) is 23.3 Å². The Morgan fingerprint density at radius 2 is 1.96 bits per heavy atom. The van der Waals surface area contributed by atoms with Gasteiger partial charge >= 0.3 is 0 Å². The number of rotatable bonds is 4. The maximum absolute atomic E-state index is 13.8. The van der Waals surface area contributed by atoms with Crippen molar-refractivity contribution in [2.45, 2.75) is 13.3 Å². The number of ether oxygens (including phenoxy) is 1. The number of halogens is 1. The van der Waals surface area contributed by atoms with Crippen molar-refractivity contribution in [1.82, 2.24) is 4.90 Å². The average molecular weight is 337 g/mol. The monoisotopic (exact) mass is 337 g/mol. The molecule has 130 valence electrons. The Morgan fingerprint density at radius 1 is 1.33 bits per heavy atom. The van der Waals surface area contributed by atoms with Crippen molar-refractivity contribution in [3.8, 4) is 5.75 Å². The molecule has 3 rings (SSSR count). The lowest BCUT2D eigenvalue weighted by atomic mass is 10.2. The van der Waals surface area contributed by atoms with E-state index < -0.39 is 10.7 Å². The zero-order chi connectivity index (χ0) is 17.4. The average Bonchev–Trinajstić information content (AvgIpc) is 3.30. The number of piperazine rings is 1. The van der Waals surface area contributed by atoms with Gasteiger partial charge in [0.25, 0.3) is 5.69 Å². The smallest absolute Gasteiger partial charge is 0.295 e. The van der Waals surface area contributed by atoms with Crippen LogP contribution in [0.1, 0.15) is 13.3 Å². The van der Waals surface area contributed by atoms with Crippen LogP contribution in [0.5, 0.6) is 5.75 Å².